The van der Waals surface area contributed by atoms with Crippen molar-refractivity contribution in [1.29, 1.82) is 0 Å². The zero-order valence-electron chi connectivity index (χ0n) is 11.7. The first kappa shape index (κ1) is 15.0. The van der Waals surface area contributed by atoms with Crippen LogP contribution in [0.25, 0.3) is 0 Å². The lowest BCUT2D eigenvalue weighted by Gasteiger charge is -2.21. The minimum absolute atomic E-state index is 0.478. The highest BCUT2D eigenvalue weighted by Gasteiger charge is 2.21. The number of benzene rings is 1. The lowest BCUT2D eigenvalue weighted by Crippen LogP contribution is -2.27. The van der Waals surface area contributed by atoms with Crippen LogP contribution >= 0.6 is 15.9 Å². The second-order valence-corrected chi connectivity index (χ2v) is 6.19. The third-order valence-electron chi connectivity index (χ3n) is 3.77. The first-order valence-corrected chi connectivity index (χ1v) is 8.14. The first-order chi connectivity index (χ1) is 9.29. The number of rotatable bonds is 7. The predicted octanol–water partition coefficient (Wildman–Crippen LogP) is 3.79. The van der Waals surface area contributed by atoms with E-state index in [1.54, 1.807) is 0 Å². The Bertz CT molecular complexity index is 377. The minimum Gasteiger partial charge on any atom is -0.378 e. The molecule has 2 atom stereocenters. The number of halogens is 1. The first-order valence-electron chi connectivity index (χ1n) is 7.35. The number of ether oxygens (including phenoxy) is 1. The number of hydrogen-bond donors (Lipinski definition) is 1. The Kier molecular flexibility index (Phi) is 6.35. The van der Waals surface area contributed by atoms with Crippen LogP contribution in [0.2, 0.25) is 0 Å². The third-order valence-corrected chi connectivity index (χ3v) is 4.54. The molecular weight excluding hydrogens is 302 g/mol. The van der Waals surface area contributed by atoms with Crippen LogP contribution in [0, 0.1) is 5.92 Å². The Morgan fingerprint density at radius 1 is 1.42 bits per heavy atom. The van der Waals surface area contributed by atoms with E-state index in [4.69, 9.17) is 4.74 Å². The van der Waals surface area contributed by atoms with Crippen molar-refractivity contribution in [1.82, 2.24) is 5.32 Å². The van der Waals surface area contributed by atoms with Crippen molar-refractivity contribution in [3.8, 4) is 0 Å². The van der Waals surface area contributed by atoms with Crippen LogP contribution in [0.15, 0.2) is 28.7 Å². The van der Waals surface area contributed by atoms with Gasteiger partial charge in [-0.3, -0.25) is 0 Å². The fraction of sp³-hybridized carbons (Fsp3) is 0.625. The largest absolute Gasteiger partial charge is 0.378 e. The molecule has 0 amide bonds. The molecule has 106 valence electrons. The van der Waals surface area contributed by atoms with Gasteiger partial charge in [0.05, 0.1) is 6.10 Å². The van der Waals surface area contributed by atoms with Gasteiger partial charge in [-0.25, -0.2) is 0 Å². The van der Waals surface area contributed by atoms with Crippen molar-refractivity contribution in [2.75, 3.05) is 19.7 Å². The van der Waals surface area contributed by atoms with Crippen LogP contribution in [0.3, 0.4) is 0 Å². The molecule has 1 N–H and O–H groups in total. The van der Waals surface area contributed by atoms with Gasteiger partial charge < -0.3 is 10.1 Å². The van der Waals surface area contributed by atoms with Crippen LogP contribution in [-0.2, 0) is 11.2 Å². The number of hydrogen-bond acceptors (Lipinski definition) is 2. The molecule has 0 spiro atoms. The van der Waals surface area contributed by atoms with Gasteiger partial charge in [0.1, 0.15) is 0 Å². The highest BCUT2D eigenvalue weighted by Crippen LogP contribution is 2.25. The molecule has 1 fully saturated rings. The SMILES string of the molecule is CCNCC(Cc1ccccc1Br)CC1CCCO1. The van der Waals surface area contributed by atoms with Gasteiger partial charge in [0, 0.05) is 11.1 Å². The van der Waals surface area contributed by atoms with Crippen molar-refractivity contribution in [2.45, 2.75) is 38.7 Å². The molecule has 0 bridgehead atoms. The molecule has 2 rings (SSSR count). The molecule has 1 aromatic rings. The smallest absolute Gasteiger partial charge is 0.0579 e. The minimum atomic E-state index is 0.478. The van der Waals surface area contributed by atoms with Gasteiger partial charge >= 0.3 is 0 Å². The Labute approximate surface area is 125 Å². The maximum atomic E-state index is 5.79. The maximum absolute atomic E-state index is 5.79. The van der Waals surface area contributed by atoms with Crippen molar-refractivity contribution in [2.24, 2.45) is 5.92 Å². The van der Waals surface area contributed by atoms with E-state index in [2.05, 4.69) is 52.4 Å². The van der Waals surface area contributed by atoms with Crippen LogP contribution in [0.4, 0.5) is 0 Å². The summed E-state index contributed by atoms with van der Waals surface area (Å²) in [4.78, 5) is 0. The molecule has 1 aliphatic rings. The molecule has 0 aromatic heterocycles. The molecule has 3 heteroatoms. The quantitative estimate of drug-likeness (QED) is 0.823. The Morgan fingerprint density at radius 3 is 2.95 bits per heavy atom. The molecule has 19 heavy (non-hydrogen) atoms. The molecule has 1 saturated heterocycles. The Morgan fingerprint density at radius 2 is 2.26 bits per heavy atom. The van der Waals surface area contributed by atoms with Crippen LogP contribution < -0.4 is 5.32 Å². The standard InChI is InChI=1S/C16H24BrNO/c1-2-18-12-13(11-15-7-5-9-19-15)10-14-6-3-4-8-16(14)17/h3-4,6,8,13,15,18H,2,5,7,9-12H2,1H3. The number of nitrogens with one attached hydrogen (secondary N) is 1. The Hall–Kier alpha value is -0.380. The molecule has 0 aliphatic carbocycles. The van der Waals surface area contributed by atoms with Crippen LogP contribution in [0.5, 0.6) is 0 Å². The highest BCUT2D eigenvalue weighted by molar-refractivity contribution is 9.10. The van der Waals surface area contributed by atoms with Gasteiger partial charge in [-0.15, -0.1) is 0 Å². The summed E-state index contributed by atoms with van der Waals surface area (Å²) in [6.07, 6.45) is 5.24. The predicted molar refractivity (Wildman–Crippen MR) is 83.5 cm³/mol. The summed E-state index contributed by atoms with van der Waals surface area (Å²) >= 11 is 3.65. The van der Waals surface area contributed by atoms with E-state index in [-0.39, 0.29) is 0 Å². The monoisotopic (exact) mass is 325 g/mol. The molecular formula is C16H24BrNO. The van der Waals surface area contributed by atoms with E-state index < -0.39 is 0 Å². The zero-order chi connectivity index (χ0) is 13.5. The fourth-order valence-corrected chi connectivity index (χ4v) is 3.21. The van der Waals surface area contributed by atoms with Gasteiger partial charge in [-0.1, -0.05) is 41.1 Å². The summed E-state index contributed by atoms with van der Waals surface area (Å²) in [5.74, 6) is 0.654. The van der Waals surface area contributed by atoms with Gasteiger partial charge in [0.2, 0.25) is 0 Å². The van der Waals surface area contributed by atoms with E-state index in [0.717, 1.165) is 26.1 Å². The second-order valence-electron chi connectivity index (χ2n) is 5.34. The summed E-state index contributed by atoms with van der Waals surface area (Å²) in [6.45, 7) is 5.24. The average Bonchev–Trinajstić information content (AvgIpc) is 2.91. The van der Waals surface area contributed by atoms with Gasteiger partial charge in [-0.05, 0) is 56.3 Å². The van der Waals surface area contributed by atoms with Crippen LogP contribution in [0.1, 0.15) is 31.7 Å². The highest BCUT2D eigenvalue weighted by atomic mass is 79.9. The molecule has 1 aliphatic heterocycles. The third kappa shape index (κ3) is 4.90. The lowest BCUT2D eigenvalue weighted by molar-refractivity contribution is 0.0893. The van der Waals surface area contributed by atoms with E-state index in [1.807, 2.05) is 0 Å². The van der Waals surface area contributed by atoms with Gasteiger partial charge in [0.25, 0.3) is 0 Å². The molecule has 1 heterocycles. The normalized spacial score (nSPS) is 20.6. The zero-order valence-corrected chi connectivity index (χ0v) is 13.3. The molecule has 1 aromatic carbocycles. The molecule has 0 radical (unpaired) electrons. The Balaban J connectivity index is 1.94. The summed E-state index contributed by atoms with van der Waals surface area (Å²) in [7, 11) is 0. The van der Waals surface area contributed by atoms with E-state index >= 15 is 0 Å². The summed E-state index contributed by atoms with van der Waals surface area (Å²) in [6, 6.07) is 8.55. The summed E-state index contributed by atoms with van der Waals surface area (Å²) in [5, 5.41) is 3.49. The lowest BCUT2D eigenvalue weighted by atomic mass is 9.92. The van der Waals surface area contributed by atoms with Crippen molar-refractivity contribution >= 4 is 15.9 Å². The van der Waals surface area contributed by atoms with Crippen molar-refractivity contribution in [3.05, 3.63) is 34.3 Å². The second kappa shape index (κ2) is 8.03. The van der Waals surface area contributed by atoms with Crippen LogP contribution in [-0.4, -0.2) is 25.8 Å². The van der Waals surface area contributed by atoms with E-state index in [0.29, 0.717) is 12.0 Å². The van der Waals surface area contributed by atoms with E-state index in [9.17, 15) is 0 Å². The molecule has 2 unspecified atom stereocenters. The molecule has 0 saturated carbocycles. The fourth-order valence-electron chi connectivity index (χ4n) is 2.76. The molecule has 2 nitrogen and oxygen atoms in total. The van der Waals surface area contributed by atoms with Crippen molar-refractivity contribution in [3.63, 3.8) is 0 Å². The summed E-state index contributed by atoms with van der Waals surface area (Å²) in [5.41, 5.74) is 1.41. The van der Waals surface area contributed by atoms with Gasteiger partial charge in [0.15, 0.2) is 0 Å². The van der Waals surface area contributed by atoms with Gasteiger partial charge in [-0.2, -0.15) is 0 Å². The average molecular weight is 326 g/mol. The maximum Gasteiger partial charge on any atom is 0.0579 e. The topological polar surface area (TPSA) is 21.3 Å². The van der Waals surface area contributed by atoms with Crippen molar-refractivity contribution < 1.29 is 4.74 Å². The summed E-state index contributed by atoms with van der Waals surface area (Å²) < 4.78 is 7.02. The van der Waals surface area contributed by atoms with E-state index in [1.165, 1.54) is 29.3 Å².